The van der Waals surface area contributed by atoms with Crippen molar-refractivity contribution >= 4 is 76.6 Å². The van der Waals surface area contributed by atoms with Crippen LogP contribution in [0, 0.1) is 0 Å². The molecule has 0 amide bonds. The number of hydrogen-bond donors (Lipinski definition) is 0. The summed E-state index contributed by atoms with van der Waals surface area (Å²) in [6.07, 6.45) is 0. The highest BCUT2D eigenvalue weighted by Crippen LogP contribution is 2.42. The zero-order valence-electron chi connectivity index (χ0n) is 31.8. The number of aromatic nitrogens is 6. The van der Waals surface area contributed by atoms with Crippen LogP contribution in [0.4, 0.5) is 0 Å². The zero-order valence-corrected chi connectivity index (χ0v) is 31.8. The Morgan fingerprint density at radius 1 is 0.383 bits per heavy atom. The second-order valence-electron chi connectivity index (χ2n) is 15.0. The van der Waals surface area contributed by atoms with Crippen molar-refractivity contribution in [2.45, 2.75) is 0 Å². The Balaban J connectivity index is 1.15. The van der Waals surface area contributed by atoms with E-state index >= 15 is 0 Å². The summed E-state index contributed by atoms with van der Waals surface area (Å²) >= 11 is 0. The molecule has 0 aliphatic rings. The van der Waals surface area contributed by atoms with E-state index in [-0.39, 0.29) is 0 Å². The molecule has 0 saturated heterocycles. The molecule has 13 aromatic rings. The van der Waals surface area contributed by atoms with E-state index in [1.807, 2.05) is 72.8 Å². The topological polar surface area (TPSA) is 87.7 Å². The predicted molar refractivity (Wildman–Crippen MR) is 240 cm³/mol. The highest BCUT2D eigenvalue weighted by Gasteiger charge is 2.25. The molecule has 5 heterocycles. The minimum atomic E-state index is 0.461. The normalized spacial score (nSPS) is 12.0. The van der Waals surface area contributed by atoms with Crippen molar-refractivity contribution in [3.63, 3.8) is 0 Å². The second kappa shape index (κ2) is 12.6. The highest BCUT2D eigenvalue weighted by atomic mass is 16.3. The smallest absolute Gasteiger partial charge is 0.238 e. The molecular weight excluding hydrogens is 741 g/mol. The van der Waals surface area contributed by atoms with Crippen LogP contribution in [0.25, 0.3) is 123 Å². The Kier molecular flexibility index (Phi) is 6.85. The van der Waals surface area contributed by atoms with E-state index in [2.05, 4.69) is 118 Å². The van der Waals surface area contributed by atoms with Crippen molar-refractivity contribution in [1.82, 2.24) is 29.1 Å². The fraction of sp³-hybridized carbons (Fsp3) is 0. The number of furan rings is 1. The van der Waals surface area contributed by atoms with Gasteiger partial charge >= 0.3 is 0 Å². The van der Waals surface area contributed by atoms with Gasteiger partial charge in [0.15, 0.2) is 17.2 Å². The summed E-state index contributed by atoms with van der Waals surface area (Å²) in [5, 5.41) is 6.58. The van der Waals surface area contributed by atoms with Crippen LogP contribution in [0.15, 0.2) is 191 Å². The van der Waals surface area contributed by atoms with Gasteiger partial charge in [0.1, 0.15) is 16.7 Å². The van der Waals surface area contributed by atoms with Crippen molar-refractivity contribution < 1.29 is 8.83 Å². The summed E-state index contributed by atoms with van der Waals surface area (Å²) in [6, 6.07) is 62.2. The SMILES string of the molecule is c1ccc(-c2nc3cccc(-c4nc(-c5ccc6c(c5)oc5ccccc56)nc(-n5c6ccccc6c6ccc7c8ccccc8n(-c8ccccc8)c7c65)n4)c3o2)cc1. The molecule has 0 radical (unpaired) electrons. The van der Waals surface area contributed by atoms with Gasteiger partial charge in [-0.2, -0.15) is 9.97 Å². The first-order valence-corrected chi connectivity index (χ1v) is 19.9. The molecule has 0 saturated carbocycles. The molecule has 13 rings (SSSR count). The standard InChI is InChI=1S/C52H30N6O2/c1-3-14-31(15-4-1)51-53-41-22-13-21-40(48(41)60-51)50-54-49(32-26-27-37-36-20-9-12-25-44(36)59-45(37)30-32)55-52(56-50)58-43-24-11-8-19-35(43)39-29-28-38-34-18-7-10-23-42(34)57(46(38)47(39)58)33-16-5-2-6-17-33/h1-30H. The molecule has 0 fully saturated rings. The third kappa shape index (κ3) is 4.79. The minimum absolute atomic E-state index is 0.461. The molecule has 8 heteroatoms. The van der Waals surface area contributed by atoms with E-state index in [0.717, 1.165) is 82.4 Å². The number of hydrogen-bond acceptors (Lipinski definition) is 6. The Hall–Kier alpha value is -8.36. The molecule has 0 atom stereocenters. The van der Waals surface area contributed by atoms with Gasteiger partial charge in [-0.15, -0.1) is 0 Å². The Morgan fingerprint density at radius 3 is 1.78 bits per heavy atom. The fourth-order valence-corrected chi connectivity index (χ4v) is 8.96. The number of rotatable bonds is 5. The Bertz CT molecular complexity index is 3840. The highest BCUT2D eigenvalue weighted by molar-refractivity contribution is 6.23. The maximum absolute atomic E-state index is 6.57. The minimum Gasteiger partial charge on any atom is -0.456 e. The molecule has 0 N–H and O–H groups in total. The van der Waals surface area contributed by atoms with E-state index in [1.165, 1.54) is 0 Å². The lowest BCUT2D eigenvalue weighted by molar-refractivity contribution is 0.620. The van der Waals surface area contributed by atoms with Crippen LogP contribution in [0.1, 0.15) is 0 Å². The van der Waals surface area contributed by atoms with Gasteiger partial charge in [0, 0.05) is 49.1 Å². The first-order valence-electron chi connectivity index (χ1n) is 19.9. The largest absolute Gasteiger partial charge is 0.456 e. The third-order valence-corrected chi connectivity index (χ3v) is 11.6. The van der Waals surface area contributed by atoms with Crippen LogP contribution >= 0.6 is 0 Å². The number of oxazole rings is 1. The van der Waals surface area contributed by atoms with Gasteiger partial charge in [-0.25, -0.2) is 9.97 Å². The Morgan fingerprint density at radius 2 is 1.00 bits per heavy atom. The van der Waals surface area contributed by atoms with Crippen LogP contribution in [0.5, 0.6) is 0 Å². The summed E-state index contributed by atoms with van der Waals surface area (Å²) in [5.41, 5.74) is 10.5. The molecule has 0 bridgehead atoms. The van der Waals surface area contributed by atoms with Crippen LogP contribution in [-0.2, 0) is 0 Å². The van der Waals surface area contributed by atoms with Gasteiger partial charge in [-0.05, 0) is 66.7 Å². The van der Waals surface area contributed by atoms with E-state index in [9.17, 15) is 0 Å². The zero-order chi connectivity index (χ0) is 39.3. The predicted octanol–water partition coefficient (Wildman–Crippen LogP) is 13.1. The van der Waals surface area contributed by atoms with Gasteiger partial charge < -0.3 is 13.4 Å². The summed E-state index contributed by atoms with van der Waals surface area (Å²) < 4.78 is 17.5. The molecule has 280 valence electrons. The lowest BCUT2D eigenvalue weighted by atomic mass is 10.1. The molecule has 0 spiro atoms. The summed E-state index contributed by atoms with van der Waals surface area (Å²) in [5.74, 6) is 1.96. The summed E-state index contributed by atoms with van der Waals surface area (Å²) in [4.78, 5) is 20.9. The average molecular weight is 771 g/mol. The van der Waals surface area contributed by atoms with E-state index in [4.69, 9.17) is 28.8 Å². The monoisotopic (exact) mass is 770 g/mol. The first kappa shape index (κ1) is 32.7. The number of nitrogens with zero attached hydrogens (tertiary/aromatic N) is 6. The van der Waals surface area contributed by atoms with Gasteiger partial charge in [0.05, 0.1) is 27.6 Å². The van der Waals surface area contributed by atoms with Gasteiger partial charge in [-0.3, -0.25) is 4.57 Å². The number of fused-ring (bicyclic) bond motifs is 11. The summed E-state index contributed by atoms with van der Waals surface area (Å²) in [7, 11) is 0. The van der Waals surface area contributed by atoms with Gasteiger partial charge in [0.2, 0.25) is 11.8 Å². The fourth-order valence-electron chi connectivity index (χ4n) is 8.96. The van der Waals surface area contributed by atoms with E-state index in [0.29, 0.717) is 40.2 Å². The lowest BCUT2D eigenvalue weighted by Crippen LogP contribution is -2.07. The van der Waals surface area contributed by atoms with Crippen molar-refractivity contribution in [3.05, 3.63) is 182 Å². The number of benzene rings is 8. The van der Waals surface area contributed by atoms with Crippen molar-refractivity contribution in [2.24, 2.45) is 0 Å². The maximum atomic E-state index is 6.57. The third-order valence-electron chi connectivity index (χ3n) is 11.6. The van der Waals surface area contributed by atoms with E-state index < -0.39 is 0 Å². The van der Waals surface area contributed by atoms with Crippen LogP contribution in [0.3, 0.4) is 0 Å². The summed E-state index contributed by atoms with van der Waals surface area (Å²) in [6.45, 7) is 0. The van der Waals surface area contributed by atoms with E-state index in [1.54, 1.807) is 0 Å². The van der Waals surface area contributed by atoms with Crippen LogP contribution in [0.2, 0.25) is 0 Å². The molecule has 60 heavy (non-hydrogen) atoms. The molecule has 5 aromatic heterocycles. The van der Waals surface area contributed by atoms with Crippen molar-refractivity contribution in [2.75, 3.05) is 0 Å². The molecule has 8 aromatic carbocycles. The van der Waals surface area contributed by atoms with Gasteiger partial charge in [-0.1, -0.05) is 115 Å². The lowest BCUT2D eigenvalue weighted by Gasteiger charge is -2.13. The average Bonchev–Trinajstić information content (AvgIpc) is 4.08. The van der Waals surface area contributed by atoms with Crippen molar-refractivity contribution in [1.29, 1.82) is 0 Å². The molecule has 0 unspecified atom stereocenters. The second-order valence-corrected chi connectivity index (χ2v) is 15.0. The molecule has 0 aliphatic heterocycles. The maximum Gasteiger partial charge on any atom is 0.238 e. The van der Waals surface area contributed by atoms with Crippen LogP contribution in [-0.4, -0.2) is 29.1 Å². The quantitative estimate of drug-likeness (QED) is 0.173. The van der Waals surface area contributed by atoms with Crippen LogP contribution < -0.4 is 0 Å². The molecule has 0 aliphatic carbocycles. The number of para-hydroxylation sites is 5. The molecule has 8 nitrogen and oxygen atoms in total. The Labute approximate surface area is 341 Å². The first-order chi connectivity index (χ1) is 29.7. The molecular formula is C52H30N6O2. The van der Waals surface area contributed by atoms with Gasteiger partial charge in [0.25, 0.3) is 0 Å². The van der Waals surface area contributed by atoms with Crippen molar-refractivity contribution in [3.8, 4) is 45.9 Å².